The van der Waals surface area contributed by atoms with Crippen molar-refractivity contribution in [1.82, 2.24) is 5.32 Å². The average Bonchev–Trinajstić information content (AvgIpc) is 2.28. The summed E-state index contributed by atoms with van der Waals surface area (Å²) in [5, 5.41) is 4.15. The van der Waals surface area contributed by atoms with Gasteiger partial charge in [0.1, 0.15) is 11.9 Å². The number of hydrogen-bond donors (Lipinski definition) is 1. The highest BCUT2D eigenvalue weighted by Crippen LogP contribution is 2.25. The van der Waals surface area contributed by atoms with Gasteiger partial charge in [-0.05, 0) is 39.3 Å². The van der Waals surface area contributed by atoms with Crippen molar-refractivity contribution in [3.05, 3.63) is 29.3 Å². The van der Waals surface area contributed by atoms with E-state index in [1.165, 1.54) is 0 Å². The smallest absolute Gasteiger partial charge is 0.138 e. The summed E-state index contributed by atoms with van der Waals surface area (Å²) < 4.78 is 5.99. The highest BCUT2D eigenvalue weighted by molar-refractivity contribution is 6.32. The van der Waals surface area contributed by atoms with Crippen molar-refractivity contribution in [2.24, 2.45) is 0 Å². The Kier molecular flexibility index (Phi) is 5.97. The van der Waals surface area contributed by atoms with Crippen molar-refractivity contribution in [3.63, 3.8) is 0 Å². The van der Waals surface area contributed by atoms with Gasteiger partial charge in [0.15, 0.2) is 0 Å². The van der Waals surface area contributed by atoms with Crippen LogP contribution in [-0.4, -0.2) is 18.2 Å². The molecule has 0 heterocycles. The van der Waals surface area contributed by atoms with Crippen molar-refractivity contribution >= 4 is 11.6 Å². The van der Waals surface area contributed by atoms with Crippen LogP contribution in [0.15, 0.2) is 24.3 Å². The van der Waals surface area contributed by atoms with Crippen LogP contribution in [0.5, 0.6) is 5.75 Å². The van der Waals surface area contributed by atoms with Gasteiger partial charge < -0.3 is 10.1 Å². The van der Waals surface area contributed by atoms with E-state index in [9.17, 15) is 0 Å². The lowest BCUT2D eigenvalue weighted by molar-refractivity contribution is 0.175. The first-order valence-electron chi connectivity index (χ1n) is 6.58. The van der Waals surface area contributed by atoms with E-state index in [1.807, 2.05) is 24.3 Å². The number of ether oxygens (including phenoxy) is 1. The topological polar surface area (TPSA) is 21.3 Å². The molecule has 1 rings (SSSR count). The number of para-hydroxylation sites is 1. The highest BCUT2D eigenvalue weighted by Gasteiger charge is 2.15. The van der Waals surface area contributed by atoms with Crippen LogP contribution in [0, 0.1) is 0 Å². The van der Waals surface area contributed by atoms with Crippen LogP contribution >= 0.6 is 11.6 Å². The summed E-state index contributed by atoms with van der Waals surface area (Å²) in [5.74, 6) is 0.772. The van der Waals surface area contributed by atoms with Crippen LogP contribution in [0.2, 0.25) is 5.02 Å². The Morgan fingerprint density at radius 3 is 2.50 bits per heavy atom. The lowest BCUT2D eigenvalue weighted by Gasteiger charge is -2.26. The standard InChI is InChI=1S/C15H24ClNO/c1-5-8-12(11-17-15(2,3)4)18-14-10-7-6-9-13(14)16/h6-7,9-10,12,17H,5,8,11H2,1-4H3. The molecule has 0 aliphatic carbocycles. The molecule has 0 amide bonds. The lowest BCUT2D eigenvalue weighted by Crippen LogP contribution is -2.42. The van der Waals surface area contributed by atoms with Gasteiger partial charge in [-0.15, -0.1) is 0 Å². The number of benzene rings is 1. The molecule has 102 valence electrons. The first-order chi connectivity index (χ1) is 8.42. The molecular formula is C15H24ClNO. The van der Waals surface area contributed by atoms with E-state index < -0.39 is 0 Å². The fourth-order valence-electron chi connectivity index (χ4n) is 1.66. The fraction of sp³-hybridized carbons (Fsp3) is 0.600. The van der Waals surface area contributed by atoms with E-state index >= 15 is 0 Å². The molecule has 0 spiro atoms. The molecule has 0 bridgehead atoms. The van der Waals surface area contributed by atoms with E-state index in [1.54, 1.807) is 0 Å². The minimum atomic E-state index is 0.107. The molecule has 1 unspecified atom stereocenters. The van der Waals surface area contributed by atoms with Crippen molar-refractivity contribution in [1.29, 1.82) is 0 Å². The molecule has 0 radical (unpaired) electrons. The minimum absolute atomic E-state index is 0.107. The zero-order valence-corrected chi connectivity index (χ0v) is 12.6. The lowest BCUT2D eigenvalue weighted by atomic mass is 10.1. The predicted molar refractivity (Wildman–Crippen MR) is 78.5 cm³/mol. The summed E-state index contributed by atoms with van der Waals surface area (Å²) in [6.45, 7) is 9.48. The van der Waals surface area contributed by atoms with Crippen LogP contribution in [0.25, 0.3) is 0 Å². The molecular weight excluding hydrogens is 246 g/mol. The zero-order chi connectivity index (χ0) is 13.6. The second kappa shape index (κ2) is 7.01. The fourth-order valence-corrected chi connectivity index (χ4v) is 1.84. The van der Waals surface area contributed by atoms with Gasteiger partial charge in [-0.2, -0.15) is 0 Å². The predicted octanol–water partition coefficient (Wildman–Crippen LogP) is 4.28. The number of hydrogen-bond acceptors (Lipinski definition) is 2. The summed E-state index contributed by atoms with van der Waals surface area (Å²) in [6.07, 6.45) is 2.28. The molecule has 0 aromatic heterocycles. The summed E-state index contributed by atoms with van der Waals surface area (Å²) >= 11 is 6.11. The summed E-state index contributed by atoms with van der Waals surface area (Å²) in [4.78, 5) is 0. The highest BCUT2D eigenvalue weighted by atomic mass is 35.5. The molecule has 0 fully saturated rings. The van der Waals surface area contributed by atoms with E-state index in [0.717, 1.165) is 25.1 Å². The van der Waals surface area contributed by atoms with Gasteiger partial charge in [0.05, 0.1) is 5.02 Å². The van der Waals surface area contributed by atoms with Crippen molar-refractivity contribution in [3.8, 4) is 5.75 Å². The Bertz CT molecular complexity index is 360. The van der Waals surface area contributed by atoms with Crippen LogP contribution in [0.4, 0.5) is 0 Å². The molecule has 1 aromatic rings. The normalized spacial score (nSPS) is 13.4. The molecule has 1 N–H and O–H groups in total. The maximum atomic E-state index is 6.11. The Balaban J connectivity index is 2.60. The molecule has 0 aliphatic heterocycles. The first kappa shape index (κ1) is 15.3. The molecule has 0 saturated heterocycles. The number of rotatable bonds is 6. The second-order valence-electron chi connectivity index (χ2n) is 5.59. The Morgan fingerprint density at radius 1 is 1.28 bits per heavy atom. The van der Waals surface area contributed by atoms with Gasteiger partial charge in [0, 0.05) is 12.1 Å². The maximum Gasteiger partial charge on any atom is 0.138 e. The Labute approximate surface area is 116 Å². The maximum absolute atomic E-state index is 6.11. The van der Waals surface area contributed by atoms with E-state index in [4.69, 9.17) is 16.3 Å². The van der Waals surface area contributed by atoms with Gasteiger partial charge >= 0.3 is 0 Å². The summed E-state index contributed by atoms with van der Waals surface area (Å²) in [6, 6.07) is 7.64. The van der Waals surface area contributed by atoms with Crippen LogP contribution in [-0.2, 0) is 0 Å². The monoisotopic (exact) mass is 269 g/mol. The summed E-state index contributed by atoms with van der Waals surface area (Å²) in [5.41, 5.74) is 0.107. The van der Waals surface area contributed by atoms with Gasteiger partial charge in [0.25, 0.3) is 0 Å². The first-order valence-corrected chi connectivity index (χ1v) is 6.96. The molecule has 2 nitrogen and oxygen atoms in total. The summed E-state index contributed by atoms with van der Waals surface area (Å²) in [7, 11) is 0. The SMILES string of the molecule is CCCC(CNC(C)(C)C)Oc1ccccc1Cl. The van der Waals surface area contributed by atoms with Crippen LogP contribution in [0.1, 0.15) is 40.5 Å². The van der Waals surface area contributed by atoms with Crippen molar-refractivity contribution in [2.75, 3.05) is 6.54 Å². The average molecular weight is 270 g/mol. The van der Waals surface area contributed by atoms with Crippen molar-refractivity contribution in [2.45, 2.75) is 52.2 Å². The number of nitrogens with one attached hydrogen (secondary N) is 1. The van der Waals surface area contributed by atoms with Gasteiger partial charge in [-0.25, -0.2) is 0 Å². The third-order valence-electron chi connectivity index (χ3n) is 2.60. The van der Waals surface area contributed by atoms with E-state index in [0.29, 0.717) is 5.02 Å². The Morgan fingerprint density at radius 2 is 1.94 bits per heavy atom. The van der Waals surface area contributed by atoms with E-state index in [-0.39, 0.29) is 11.6 Å². The van der Waals surface area contributed by atoms with Gasteiger partial charge in [0.2, 0.25) is 0 Å². The van der Waals surface area contributed by atoms with Crippen LogP contribution in [0.3, 0.4) is 0 Å². The zero-order valence-electron chi connectivity index (χ0n) is 11.8. The Hall–Kier alpha value is -0.730. The minimum Gasteiger partial charge on any atom is -0.488 e. The molecule has 18 heavy (non-hydrogen) atoms. The second-order valence-corrected chi connectivity index (χ2v) is 6.00. The molecule has 0 saturated carbocycles. The quantitative estimate of drug-likeness (QED) is 0.832. The third-order valence-corrected chi connectivity index (χ3v) is 2.91. The van der Waals surface area contributed by atoms with Crippen molar-refractivity contribution < 1.29 is 4.74 Å². The van der Waals surface area contributed by atoms with Gasteiger partial charge in [-0.3, -0.25) is 0 Å². The third kappa shape index (κ3) is 5.74. The largest absolute Gasteiger partial charge is 0.488 e. The molecule has 3 heteroatoms. The van der Waals surface area contributed by atoms with E-state index in [2.05, 4.69) is 33.0 Å². The van der Waals surface area contributed by atoms with Gasteiger partial charge in [-0.1, -0.05) is 37.1 Å². The number of halogens is 1. The van der Waals surface area contributed by atoms with Crippen LogP contribution < -0.4 is 10.1 Å². The molecule has 1 aromatic carbocycles. The molecule has 0 aliphatic rings. The molecule has 1 atom stereocenters.